The number of anilines is 1. The van der Waals surface area contributed by atoms with Crippen molar-refractivity contribution in [2.75, 3.05) is 12.3 Å². The summed E-state index contributed by atoms with van der Waals surface area (Å²) in [6.45, 7) is -0.913. The summed E-state index contributed by atoms with van der Waals surface area (Å²) in [6, 6.07) is 0. The van der Waals surface area contributed by atoms with Gasteiger partial charge in [0.25, 0.3) is 15.6 Å². The number of imidazole rings is 1. The van der Waals surface area contributed by atoms with Crippen molar-refractivity contribution in [1.29, 1.82) is 0 Å². The number of nitrogens with two attached hydrogens (primary N) is 1. The zero-order chi connectivity index (χ0) is 23.2. The van der Waals surface area contributed by atoms with Gasteiger partial charge in [-0.2, -0.15) is 0 Å². The molecule has 2 aromatic rings. The van der Waals surface area contributed by atoms with E-state index in [2.05, 4.69) is 28.1 Å². The van der Waals surface area contributed by atoms with E-state index < -0.39 is 54.6 Å². The quantitative estimate of drug-likeness (QED) is 0.188. The monoisotopic (exact) mass is 595 g/mol. The van der Waals surface area contributed by atoms with Crippen molar-refractivity contribution >= 4 is 40.4 Å². The van der Waals surface area contributed by atoms with Gasteiger partial charge in [-0.3, -0.25) is 18.0 Å². The van der Waals surface area contributed by atoms with Gasteiger partial charge in [0.1, 0.15) is 30.2 Å². The Balaban J connectivity index is 0. The van der Waals surface area contributed by atoms with Crippen LogP contribution < -0.4 is 144 Å². The van der Waals surface area contributed by atoms with E-state index in [1.807, 2.05) is 0 Å². The molecule has 1 fully saturated rings. The second-order valence-electron chi connectivity index (χ2n) is 5.90. The molecule has 0 aliphatic carbocycles. The summed E-state index contributed by atoms with van der Waals surface area (Å²) in [5.41, 5.74) is 5.83. The Morgan fingerprint density at radius 3 is 2.17 bits per heavy atom. The number of aromatic nitrogens is 4. The van der Waals surface area contributed by atoms with Gasteiger partial charge >= 0.3 is 118 Å². The van der Waals surface area contributed by atoms with Gasteiger partial charge in [-0.15, -0.1) is 0 Å². The van der Waals surface area contributed by atoms with Crippen LogP contribution in [0, 0.1) is 0 Å². The number of rotatable bonds is 8. The number of phosphoric acid groups is 3. The molecule has 1 aliphatic rings. The standard InChI is InChI=1S/C10H16N5O13P3.4Na/c11-8-5-9(13-2-12-8)15(3-14-5)10-6(17)7(4(1-16)25-10)26-30(21,22)28-31(23,24)27-29(18,19)20;;;;/h2-4,6-7,10,16-17H,1H2,(H,21,22)(H,23,24)(H2,11,12,13)(H2,18,19,20);;;;/q;4*+1/p-4/t4-,6-,7-,10-;;;;/m1..../s1. The van der Waals surface area contributed by atoms with E-state index in [-0.39, 0.29) is 135 Å². The minimum Gasteiger partial charge on any atom is -0.790 e. The molecule has 18 nitrogen and oxygen atoms in total. The van der Waals surface area contributed by atoms with E-state index in [0.717, 1.165) is 17.2 Å². The van der Waals surface area contributed by atoms with Gasteiger partial charge in [0.2, 0.25) is 0 Å². The van der Waals surface area contributed by atoms with E-state index in [4.69, 9.17) is 10.5 Å². The molecule has 6 atom stereocenters. The molecule has 4 N–H and O–H groups in total. The van der Waals surface area contributed by atoms with Crippen LogP contribution in [-0.4, -0.2) is 54.7 Å². The van der Waals surface area contributed by atoms with Gasteiger partial charge in [0.05, 0.1) is 20.8 Å². The molecule has 0 aromatic carbocycles. The average molecular weight is 595 g/mol. The van der Waals surface area contributed by atoms with Crippen molar-refractivity contribution in [2.24, 2.45) is 0 Å². The minimum absolute atomic E-state index is 0. The van der Waals surface area contributed by atoms with Crippen LogP contribution in [0.25, 0.3) is 11.2 Å². The molecule has 3 heterocycles. The van der Waals surface area contributed by atoms with Crippen molar-refractivity contribution in [2.45, 2.75) is 24.5 Å². The van der Waals surface area contributed by atoms with Crippen LogP contribution in [0.4, 0.5) is 5.82 Å². The molecule has 1 saturated heterocycles. The fourth-order valence-electron chi connectivity index (χ4n) is 2.71. The Morgan fingerprint density at radius 2 is 1.63 bits per heavy atom. The molecule has 1 aliphatic heterocycles. The van der Waals surface area contributed by atoms with Crippen molar-refractivity contribution in [3.05, 3.63) is 12.7 Å². The molecule has 2 unspecified atom stereocenters. The molecule has 2 aromatic heterocycles. The Bertz CT molecular complexity index is 1120. The maximum Gasteiger partial charge on any atom is 1.00 e. The molecule has 0 saturated carbocycles. The van der Waals surface area contributed by atoms with E-state index >= 15 is 0 Å². The van der Waals surface area contributed by atoms with Crippen molar-refractivity contribution in [3.63, 3.8) is 0 Å². The first-order chi connectivity index (χ1) is 14.2. The first-order valence-electron chi connectivity index (χ1n) is 7.85. The molecular weight excluding hydrogens is 583 g/mol. The molecule has 174 valence electrons. The number of phosphoric ester groups is 1. The summed E-state index contributed by atoms with van der Waals surface area (Å²) >= 11 is 0. The van der Waals surface area contributed by atoms with Gasteiger partial charge in [-0.05, 0) is 0 Å². The molecule has 3 rings (SSSR count). The predicted molar refractivity (Wildman–Crippen MR) is 86.6 cm³/mol. The molecule has 0 radical (unpaired) electrons. The van der Waals surface area contributed by atoms with Crippen LogP contribution >= 0.6 is 23.5 Å². The van der Waals surface area contributed by atoms with Crippen molar-refractivity contribution < 1.29 is 180 Å². The van der Waals surface area contributed by atoms with Crippen LogP contribution in [0.3, 0.4) is 0 Å². The molecule has 0 spiro atoms. The Labute approximate surface area is 285 Å². The Morgan fingerprint density at radius 1 is 1.03 bits per heavy atom. The Kier molecular flexibility index (Phi) is 17.7. The molecule has 35 heavy (non-hydrogen) atoms. The topological polar surface area (TPSA) is 290 Å². The van der Waals surface area contributed by atoms with Gasteiger partial charge < -0.3 is 49.3 Å². The van der Waals surface area contributed by atoms with Gasteiger partial charge in [0, 0.05) is 0 Å². The summed E-state index contributed by atoms with van der Waals surface area (Å²) in [6.07, 6.45) is -4.62. The fourth-order valence-corrected chi connectivity index (χ4v) is 5.77. The zero-order valence-corrected chi connectivity index (χ0v) is 29.4. The molecule has 0 amide bonds. The van der Waals surface area contributed by atoms with Crippen molar-refractivity contribution in [3.8, 4) is 0 Å². The second kappa shape index (κ2) is 15.6. The number of nitrogens with zero attached hydrogens (tertiary/aromatic N) is 4. The molecule has 25 heteroatoms. The average Bonchev–Trinajstić information content (AvgIpc) is 3.14. The fraction of sp³-hybridized carbons (Fsp3) is 0.500. The normalized spacial score (nSPS) is 25.2. The second-order valence-corrected chi connectivity index (χ2v) is 10.1. The number of nitrogen functional groups attached to an aromatic ring is 1. The largest absolute Gasteiger partial charge is 1.00 e. The molecule has 0 bridgehead atoms. The number of ether oxygens (including phenoxy) is 1. The van der Waals surface area contributed by atoms with Crippen LogP contribution in [0.5, 0.6) is 0 Å². The van der Waals surface area contributed by atoms with Crippen LogP contribution in [0.15, 0.2) is 12.7 Å². The maximum absolute atomic E-state index is 11.9. The summed E-state index contributed by atoms with van der Waals surface area (Å²) in [4.78, 5) is 55.5. The minimum atomic E-state index is -6.21. The zero-order valence-electron chi connectivity index (χ0n) is 18.8. The number of hydrogen-bond acceptors (Lipinski definition) is 17. The van der Waals surface area contributed by atoms with E-state index in [1.165, 1.54) is 0 Å². The molecular formula is C10H12N5Na4O13P3. The van der Waals surface area contributed by atoms with E-state index in [9.17, 15) is 43.5 Å². The van der Waals surface area contributed by atoms with Gasteiger partial charge in [-0.1, -0.05) is 0 Å². The summed E-state index contributed by atoms with van der Waals surface area (Å²) in [5.74, 6) is -0.0135. The first-order valence-corrected chi connectivity index (χ1v) is 12.2. The predicted octanol–water partition coefficient (Wildman–Crippen LogP) is -16.1. The summed E-state index contributed by atoms with van der Waals surface area (Å²) in [5, 5.41) is 19.9. The third-order valence-corrected chi connectivity index (χ3v) is 7.50. The van der Waals surface area contributed by atoms with Crippen molar-refractivity contribution in [1.82, 2.24) is 19.5 Å². The summed E-state index contributed by atoms with van der Waals surface area (Å²) < 4.78 is 51.0. The Hall–Kier alpha value is 2.64. The van der Waals surface area contributed by atoms with Crippen LogP contribution in [0.1, 0.15) is 6.23 Å². The SMILES string of the molecule is Nc1ncnc2c1ncn2[C@@H]1O[C@H](CO)[C@@H](OP(=O)([O-])OP(=O)([O-])OP(=O)([O-])[O-])[C@H]1O.[Na+].[Na+].[Na+].[Na+]. The van der Waals surface area contributed by atoms with E-state index in [1.54, 1.807) is 0 Å². The third kappa shape index (κ3) is 10.5. The third-order valence-electron chi connectivity index (χ3n) is 3.80. The number of hydrogen-bond donors (Lipinski definition) is 3. The van der Waals surface area contributed by atoms with Crippen LogP contribution in [0.2, 0.25) is 0 Å². The maximum atomic E-state index is 11.9. The smallest absolute Gasteiger partial charge is 0.790 e. The van der Waals surface area contributed by atoms with Crippen LogP contribution in [-0.2, 0) is 31.6 Å². The van der Waals surface area contributed by atoms with Gasteiger partial charge in [0.15, 0.2) is 17.7 Å². The first kappa shape index (κ1) is 39.8. The number of aliphatic hydroxyl groups excluding tert-OH is 2. The van der Waals surface area contributed by atoms with E-state index in [0.29, 0.717) is 0 Å². The number of aliphatic hydroxyl groups is 2. The number of fused-ring (bicyclic) bond motifs is 1. The van der Waals surface area contributed by atoms with Gasteiger partial charge in [-0.25, -0.2) is 19.3 Å². The summed E-state index contributed by atoms with van der Waals surface area (Å²) in [7, 11) is -18.4.